The number of hydrogen-bond acceptors (Lipinski definition) is 3. The zero-order valence-corrected chi connectivity index (χ0v) is 15.2. The van der Waals surface area contributed by atoms with E-state index in [1.54, 1.807) is 30.5 Å². The normalized spacial score (nSPS) is 12.0. The number of aromatic nitrogens is 1. The van der Waals surface area contributed by atoms with Crippen molar-refractivity contribution in [2.75, 3.05) is 0 Å². The molecule has 0 atom stereocenters. The second kappa shape index (κ2) is 6.86. The molecule has 0 aliphatic carbocycles. The van der Waals surface area contributed by atoms with Gasteiger partial charge in [-0.05, 0) is 62.4 Å². The molecule has 1 heterocycles. The maximum atomic E-state index is 13.2. The molecule has 134 valence electrons. The van der Waals surface area contributed by atoms with Crippen LogP contribution in [-0.2, 0) is 10.0 Å². The lowest BCUT2D eigenvalue weighted by Gasteiger charge is -2.10. The molecule has 3 rings (SSSR count). The van der Waals surface area contributed by atoms with Crippen LogP contribution < -0.4 is 5.14 Å². The van der Waals surface area contributed by atoms with E-state index in [1.165, 1.54) is 24.3 Å². The Kier molecular flexibility index (Phi) is 4.76. The molecule has 26 heavy (non-hydrogen) atoms. The molecule has 0 radical (unpaired) electrons. The average molecular weight is 371 g/mol. The second-order valence-corrected chi connectivity index (χ2v) is 7.50. The van der Waals surface area contributed by atoms with Gasteiger partial charge in [0.05, 0.1) is 10.6 Å². The van der Waals surface area contributed by atoms with Crippen LogP contribution >= 0.6 is 0 Å². The first-order valence-corrected chi connectivity index (χ1v) is 9.42. The summed E-state index contributed by atoms with van der Waals surface area (Å²) in [7, 11) is -3.72. The van der Waals surface area contributed by atoms with E-state index in [0.717, 1.165) is 22.6 Å². The summed E-state index contributed by atoms with van der Waals surface area (Å²) in [6.07, 6.45) is 1.69. The number of sulfonamides is 1. The van der Waals surface area contributed by atoms with Crippen LogP contribution in [0.15, 0.2) is 64.5 Å². The molecule has 1 aromatic heterocycles. The Morgan fingerprint density at radius 2 is 1.77 bits per heavy atom. The largest absolute Gasteiger partial charge is 0.318 e. The molecule has 0 saturated carbocycles. The third-order valence-corrected chi connectivity index (χ3v) is 4.98. The van der Waals surface area contributed by atoms with E-state index in [4.69, 9.17) is 5.14 Å². The molecule has 7 heteroatoms. The summed E-state index contributed by atoms with van der Waals surface area (Å²) in [5.74, 6) is -0.333. The van der Waals surface area contributed by atoms with Gasteiger partial charge >= 0.3 is 0 Å². The third-order valence-electron chi connectivity index (χ3n) is 4.05. The SMILES string of the molecule is Cc1cc(C=Nc2cccc(F)c2)c(C)n1-c1ccc(S(N)(=O)=O)cc1. The molecule has 0 fully saturated rings. The minimum atomic E-state index is -3.72. The van der Waals surface area contributed by atoms with E-state index in [2.05, 4.69) is 4.99 Å². The van der Waals surface area contributed by atoms with Gasteiger partial charge in [0.1, 0.15) is 5.82 Å². The van der Waals surface area contributed by atoms with Crippen LogP contribution in [0, 0.1) is 19.7 Å². The summed E-state index contributed by atoms with van der Waals surface area (Å²) in [5.41, 5.74) is 4.14. The van der Waals surface area contributed by atoms with Crippen molar-refractivity contribution in [2.45, 2.75) is 18.7 Å². The molecule has 0 aliphatic heterocycles. The van der Waals surface area contributed by atoms with Gasteiger partial charge in [-0.15, -0.1) is 0 Å². The van der Waals surface area contributed by atoms with Crippen molar-refractivity contribution in [1.29, 1.82) is 0 Å². The molecule has 2 aromatic carbocycles. The number of primary sulfonamides is 1. The van der Waals surface area contributed by atoms with Crippen LogP contribution in [0.25, 0.3) is 5.69 Å². The average Bonchev–Trinajstić information content (AvgIpc) is 2.86. The number of nitrogens with zero attached hydrogens (tertiary/aromatic N) is 2. The number of benzene rings is 2. The van der Waals surface area contributed by atoms with Crippen LogP contribution in [0.4, 0.5) is 10.1 Å². The zero-order valence-electron chi connectivity index (χ0n) is 14.3. The Bertz CT molecular complexity index is 1080. The minimum Gasteiger partial charge on any atom is -0.318 e. The number of hydrogen-bond donors (Lipinski definition) is 1. The third kappa shape index (κ3) is 3.74. The molecular weight excluding hydrogens is 353 g/mol. The predicted octanol–water partition coefficient (Wildman–Crippen LogP) is 3.63. The fourth-order valence-corrected chi connectivity index (χ4v) is 3.32. The molecule has 3 aromatic rings. The van der Waals surface area contributed by atoms with E-state index in [1.807, 2.05) is 24.5 Å². The number of halogens is 1. The molecule has 0 saturated heterocycles. The molecule has 0 unspecified atom stereocenters. The van der Waals surface area contributed by atoms with Gasteiger partial charge in [0, 0.05) is 28.9 Å². The Hall–Kier alpha value is -2.77. The number of aliphatic imine (C=N–C) groups is 1. The van der Waals surface area contributed by atoms with E-state index in [9.17, 15) is 12.8 Å². The Morgan fingerprint density at radius 1 is 1.08 bits per heavy atom. The van der Waals surface area contributed by atoms with Crippen LogP contribution in [0.1, 0.15) is 17.0 Å². The molecule has 0 bridgehead atoms. The molecule has 5 nitrogen and oxygen atoms in total. The summed E-state index contributed by atoms with van der Waals surface area (Å²) >= 11 is 0. The number of rotatable bonds is 4. The number of nitrogens with two attached hydrogens (primary N) is 1. The van der Waals surface area contributed by atoms with Gasteiger partial charge in [-0.1, -0.05) is 6.07 Å². The summed E-state index contributed by atoms with van der Waals surface area (Å²) in [6, 6.07) is 14.4. The van der Waals surface area contributed by atoms with E-state index in [-0.39, 0.29) is 10.7 Å². The first-order valence-electron chi connectivity index (χ1n) is 7.87. The lowest BCUT2D eigenvalue weighted by Crippen LogP contribution is -2.12. The maximum absolute atomic E-state index is 13.2. The highest BCUT2D eigenvalue weighted by molar-refractivity contribution is 7.89. The Balaban J connectivity index is 1.96. The van der Waals surface area contributed by atoms with Crippen molar-refractivity contribution in [3.8, 4) is 5.69 Å². The second-order valence-electron chi connectivity index (χ2n) is 5.94. The first kappa shape index (κ1) is 18.0. The van der Waals surface area contributed by atoms with Crippen molar-refractivity contribution >= 4 is 21.9 Å². The van der Waals surface area contributed by atoms with Crippen molar-refractivity contribution < 1.29 is 12.8 Å². The van der Waals surface area contributed by atoms with E-state index in [0.29, 0.717) is 5.69 Å². The highest BCUT2D eigenvalue weighted by Crippen LogP contribution is 2.22. The summed E-state index contributed by atoms with van der Waals surface area (Å²) in [4.78, 5) is 4.38. The summed E-state index contributed by atoms with van der Waals surface area (Å²) in [6.45, 7) is 3.88. The lowest BCUT2D eigenvalue weighted by atomic mass is 10.2. The van der Waals surface area contributed by atoms with Crippen molar-refractivity contribution in [1.82, 2.24) is 4.57 Å². The molecule has 0 spiro atoms. The monoisotopic (exact) mass is 371 g/mol. The van der Waals surface area contributed by atoms with Crippen molar-refractivity contribution in [3.05, 3.63) is 77.4 Å². The maximum Gasteiger partial charge on any atom is 0.238 e. The van der Waals surface area contributed by atoms with Gasteiger partial charge in [0.25, 0.3) is 0 Å². The van der Waals surface area contributed by atoms with Crippen molar-refractivity contribution in [3.63, 3.8) is 0 Å². The van der Waals surface area contributed by atoms with Gasteiger partial charge in [-0.25, -0.2) is 17.9 Å². The minimum absolute atomic E-state index is 0.0663. The van der Waals surface area contributed by atoms with Gasteiger partial charge in [0.2, 0.25) is 10.0 Å². The Labute approximate surface area is 151 Å². The van der Waals surface area contributed by atoms with Gasteiger partial charge in [0.15, 0.2) is 0 Å². The van der Waals surface area contributed by atoms with Gasteiger partial charge in [-0.3, -0.25) is 4.99 Å². The fraction of sp³-hybridized carbons (Fsp3) is 0.105. The summed E-state index contributed by atoms with van der Waals surface area (Å²) in [5, 5.41) is 5.14. The van der Waals surface area contributed by atoms with Crippen LogP contribution in [0.5, 0.6) is 0 Å². The highest BCUT2D eigenvalue weighted by Gasteiger charge is 2.11. The molecule has 2 N–H and O–H groups in total. The first-order chi connectivity index (χ1) is 12.3. The quantitative estimate of drug-likeness (QED) is 0.711. The summed E-state index contributed by atoms with van der Waals surface area (Å²) < 4.78 is 38.0. The zero-order chi connectivity index (χ0) is 18.9. The Morgan fingerprint density at radius 3 is 2.38 bits per heavy atom. The van der Waals surface area contributed by atoms with Crippen LogP contribution in [-0.4, -0.2) is 19.2 Å². The van der Waals surface area contributed by atoms with Gasteiger partial charge in [-0.2, -0.15) is 0 Å². The standard InChI is InChI=1S/C19H18FN3O2S/c1-13-10-15(12-22-17-5-3-4-16(20)11-17)14(2)23(13)18-6-8-19(9-7-18)26(21,24)25/h3-12H,1-2H3,(H2,21,24,25). The molecular formula is C19H18FN3O2S. The van der Waals surface area contributed by atoms with Crippen LogP contribution in [0.2, 0.25) is 0 Å². The van der Waals surface area contributed by atoms with Gasteiger partial charge < -0.3 is 4.57 Å². The lowest BCUT2D eigenvalue weighted by molar-refractivity contribution is 0.598. The number of aryl methyl sites for hydroxylation is 1. The molecule has 0 amide bonds. The van der Waals surface area contributed by atoms with E-state index >= 15 is 0 Å². The van der Waals surface area contributed by atoms with Crippen LogP contribution in [0.3, 0.4) is 0 Å². The fourth-order valence-electron chi connectivity index (χ4n) is 2.80. The highest BCUT2D eigenvalue weighted by atomic mass is 32.2. The topological polar surface area (TPSA) is 77.5 Å². The smallest absolute Gasteiger partial charge is 0.238 e. The van der Waals surface area contributed by atoms with Crippen molar-refractivity contribution in [2.24, 2.45) is 10.1 Å². The predicted molar refractivity (Wildman–Crippen MR) is 100 cm³/mol. The molecule has 0 aliphatic rings. The van der Waals surface area contributed by atoms with E-state index < -0.39 is 10.0 Å².